The van der Waals surface area contributed by atoms with Crippen LogP contribution >= 0.6 is 0 Å². The summed E-state index contributed by atoms with van der Waals surface area (Å²) in [6, 6.07) is 2.92. The molecule has 2 atom stereocenters. The van der Waals surface area contributed by atoms with E-state index in [0.29, 0.717) is 6.07 Å². The van der Waals surface area contributed by atoms with Gasteiger partial charge in [-0.15, -0.1) is 0 Å². The maximum Gasteiger partial charge on any atom is 0.303 e. The van der Waals surface area contributed by atoms with Crippen LogP contribution in [0.4, 0.5) is 8.78 Å². The number of hydrogen-bond acceptors (Lipinski definition) is 2. The zero-order valence-electron chi connectivity index (χ0n) is 9.36. The summed E-state index contributed by atoms with van der Waals surface area (Å²) in [5, 5.41) is 18.3. The highest BCUT2D eigenvalue weighted by Gasteiger charge is 2.18. The van der Waals surface area contributed by atoms with Crippen molar-refractivity contribution in [3.05, 3.63) is 35.4 Å². The molecule has 2 N–H and O–H groups in total. The summed E-state index contributed by atoms with van der Waals surface area (Å²) in [4.78, 5) is 10.4. The van der Waals surface area contributed by atoms with Gasteiger partial charge in [0.25, 0.3) is 0 Å². The summed E-state index contributed by atoms with van der Waals surface area (Å²) >= 11 is 0. The monoisotopic (exact) mass is 244 g/mol. The first kappa shape index (κ1) is 13.6. The van der Waals surface area contributed by atoms with E-state index in [0.717, 1.165) is 6.07 Å². The van der Waals surface area contributed by atoms with Crippen LogP contribution in [0.25, 0.3) is 0 Å². The fourth-order valence-electron chi connectivity index (χ4n) is 1.66. The van der Waals surface area contributed by atoms with Crippen LogP contribution in [0.1, 0.15) is 31.4 Å². The van der Waals surface area contributed by atoms with Gasteiger partial charge in [-0.05, 0) is 18.4 Å². The van der Waals surface area contributed by atoms with Crippen LogP contribution in [0.15, 0.2) is 18.2 Å². The first-order valence-electron chi connectivity index (χ1n) is 5.25. The molecule has 1 rings (SSSR count). The van der Waals surface area contributed by atoms with E-state index in [1.165, 1.54) is 6.07 Å². The van der Waals surface area contributed by atoms with Gasteiger partial charge >= 0.3 is 5.97 Å². The quantitative estimate of drug-likeness (QED) is 0.836. The lowest BCUT2D eigenvalue weighted by molar-refractivity contribution is -0.138. The second-order valence-corrected chi connectivity index (χ2v) is 4.12. The van der Waals surface area contributed by atoms with E-state index in [1.54, 1.807) is 6.92 Å². The summed E-state index contributed by atoms with van der Waals surface area (Å²) in [5.74, 6) is -2.78. The number of carboxylic acid groups (broad SMARTS) is 1. The Morgan fingerprint density at radius 3 is 2.59 bits per heavy atom. The number of aliphatic hydroxyl groups excluding tert-OH is 1. The lowest BCUT2D eigenvalue weighted by Crippen LogP contribution is -2.10. The van der Waals surface area contributed by atoms with Crippen molar-refractivity contribution in [2.45, 2.75) is 25.9 Å². The zero-order valence-corrected chi connectivity index (χ0v) is 9.36. The standard InChI is InChI=1S/C12H14F2O3/c1-7(5-12(16)17)4-11(15)9-3-2-8(13)6-10(9)14/h2-3,6-7,11,15H,4-5H2,1H3,(H,16,17). The minimum atomic E-state index is -1.12. The Hall–Kier alpha value is -1.49. The van der Waals surface area contributed by atoms with Crippen molar-refractivity contribution in [1.29, 1.82) is 0 Å². The molecule has 1 aromatic rings. The Morgan fingerprint density at radius 2 is 2.06 bits per heavy atom. The molecule has 5 heteroatoms. The van der Waals surface area contributed by atoms with Gasteiger partial charge in [-0.25, -0.2) is 8.78 Å². The number of halogens is 2. The minimum absolute atomic E-state index is 0.0105. The zero-order chi connectivity index (χ0) is 13.0. The summed E-state index contributed by atoms with van der Waals surface area (Å²) < 4.78 is 25.9. The first-order valence-corrected chi connectivity index (χ1v) is 5.25. The second-order valence-electron chi connectivity index (χ2n) is 4.12. The minimum Gasteiger partial charge on any atom is -0.481 e. The molecule has 0 aromatic heterocycles. The summed E-state index contributed by atoms with van der Waals surface area (Å²) in [6.07, 6.45) is -1.10. The molecule has 0 radical (unpaired) electrons. The normalized spacial score (nSPS) is 14.4. The molecule has 94 valence electrons. The van der Waals surface area contributed by atoms with Crippen molar-refractivity contribution in [1.82, 2.24) is 0 Å². The lowest BCUT2D eigenvalue weighted by Gasteiger charge is -2.15. The maximum atomic E-state index is 13.3. The largest absolute Gasteiger partial charge is 0.481 e. The summed E-state index contributed by atoms with van der Waals surface area (Å²) in [5.41, 5.74) is -0.0105. The molecule has 0 fully saturated rings. The van der Waals surface area contributed by atoms with Gasteiger partial charge in [0.1, 0.15) is 11.6 Å². The van der Waals surface area contributed by atoms with E-state index >= 15 is 0 Å². The lowest BCUT2D eigenvalue weighted by atomic mass is 9.95. The van der Waals surface area contributed by atoms with Gasteiger partial charge in [0, 0.05) is 18.1 Å². The fraction of sp³-hybridized carbons (Fsp3) is 0.417. The molecular formula is C12H14F2O3. The van der Waals surface area contributed by atoms with Crippen molar-refractivity contribution in [2.75, 3.05) is 0 Å². The summed E-state index contributed by atoms with van der Waals surface area (Å²) in [7, 11) is 0. The highest BCUT2D eigenvalue weighted by atomic mass is 19.1. The Labute approximate surface area is 97.7 Å². The molecule has 3 nitrogen and oxygen atoms in total. The van der Waals surface area contributed by atoms with Crippen molar-refractivity contribution in [2.24, 2.45) is 5.92 Å². The third kappa shape index (κ3) is 4.11. The summed E-state index contributed by atoms with van der Waals surface area (Å²) in [6.45, 7) is 1.65. The Bertz CT molecular complexity index is 407. The van der Waals surface area contributed by atoms with Crippen LogP contribution in [-0.2, 0) is 4.79 Å². The number of rotatable bonds is 5. The van der Waals surface area contributed by atoms with Crippen LogP contribution in [0.3, 0.4) is 0 Å². The number of carbonyl (C=O) groups is 1. The van der Waals surface area contributed by atoms with Gasteiger partial charge in [0.05, 0.1) is 6.10 Å². The van der Waals surface area contributed by atoms with Gasteiger partial charge in [-0.3, -0.25) is 4.79 Å². The predicted molar refractivity (Wildman–Crippen MR) is 57.4 cm³/mol. The Balaban J connectivity index is 2.69. The predicted octanol–water partition coefficient (Wildman–Crippen LogP) is 2.50. The van der Waals surface area contributed by atoms with Crippen molar-refractivity contribution in [3.8, 4) is 0 Å². The number of carboxylic acids is 1. The van der Waals surface area contributed by atoms with Gasteiger partial charge in [0.2, 0.25) is 0 Å². The molecule has 0 aliphatic heterocycles. The molecule has 0 bridgehead atoms. The molecule has 0 saturated carbocycles. The van der Waals surface area contributed by atoms with E-state index in [-0.39, 0.29) is 24.3 Å². The Morgan fingerprint density at radius 1 is 1.41 bits per heavy atom. The Kier molecular flexibility index (Phi) is 4.57. The smallest absolute Gasteiger partial charge is 0.303 e. The van der Waals surface area contributed by atoms with E-state index in [1.807, 2.05) is 0 Å². The van der Waals surface area contributed by atoms with Gasteiger partial charge in [0.15, 0.2) is 0 Å². The molecule has 2 unspecified atom stereocenters. The first-order chi connectivity index (χ1) is 7.90. The number of hydrogen-bond donors (Lipinski definition) is 2. The van der Waals surface area contributed by atoms with E-state index in [4.69, 9.17) is 5.11 Å². The third-order valence-electron chi connectivity index (χ3n) is 2.47. The maximum absolute atomic E-state index is 13.3. The van der Waals surface area contributed by atoms with Crippen LogP contribution < -0.4 is 0 Å². The van der Waals surface area contributed by atoms with Gasteiger partial charge in [-0.1, -0.05) is 13.0 Å². The number of aliphatic hydroxyl groups is 1. The fourth-order valence-corrected chi connectivity index (χ4v) is 1.66. The van der Waals surface area contributed by atoms with E-state index in [2.05, 4.69) is 0 Å². The van der Waals surface area contributed by atoms with Gasteiger partial charge < -0.3 is 10.2 Å². The highest BCUT2D eigenvalue weighted by Crippen LogP contribution is 2.25. The van der Waals surface area contributed by atoms with Gasteiger partial charge in [-0.2, -0.15) is 0 Å². The van der Waals surface area contributed by atoms with Crippen LogP contribution in [0.2, 0.25) is 0 Å². The average Bonchev–Trinajstić information content (AvgIpc) is 2.15. The van der Waals surface area contributed by atoms with Crippen molar-refractivity contribution >= 4 is 5.97 Å². The molecule has 0 aliphatic carbocycles. The molecule has 0 aliphatic rings. The average molecular weight is 244 g/mol. The van der Waals surface area contributed by atoms with E-state index in [9.17, 15) is 18.7 Å². The molecule has 1 aromatic carbocycles. The molecule has 17 heavy (non-hydrogen) atoms. The molecule has 0 saturated heterocycles. The van der Waals surface area contributed by atoms with Crippen molar-refractivity contribution < 1.29 is 23.8 Å². The molecular weight excluding hydrogens is 230 g/mol. The SMILES string of the molecule is CC(CC(=O)O)CC(O)c1ccc(F)cc1F. The molecule has 0 amide bonds. The number of benzene rings is 1. The topological polar surface area (TPSA) is 57.5 Å². The van der Waals surface area contributed by atoms with Crippen molar-refractivity contribution in [3.63, 3.8) is 0 Å². The number of aliphatic carboxylic acids is 1. The second kappa shape index (κ2) is 5.72. The van der Waals surface area contributed by atoms with Crippen LogP contribution in [-0.4, -0.2) is 16.2 Å². The molecule has 0 spiro atoms. The van der Waals surface area contributed by atoms with Crippen LogP contribution in [0, 0.1) is 17.6 Å². The third-order valence-corrected chi connectivity index (χ3v) is 2.47. The van der Waals surface area contributed by atoms with E-state index < -0.39 is 23.7 Å². The highest BCUT2D eigenvalue weighted by molar-refractivity contribution is 5.66. The van der Waals surface area contributed by atoms with Crippen LogP contribution in [0.5, 0.6) is 0 Å². The molecule has 0 heterocycles.